The van der Waals surface area contributed by atoms with E-state index in [-0.39, 0.29) is 11.9 Å². The van der Waals surface area contributed by atoms with Gasteiger partial charge in [-0.2, -0.15) is 0 Å². The number of furan rings is 1. The topological polar surface area (TPSA) is 33.5 Å². The lowest BCUT2D eigenvalue weighted by molar-refractivity contribution is 0.0755. The Morgan fingerprint density at radius 1 is 1.60 bits per heavy atom. The van der Waals surface area contributed by atoms with Gasteiger partial charge in [0.15, 0.2) is 0 Å². The molecule has 0 N–H and O–H groups in total. The molecule has 15 heavy (non-hydrogen) atoms. The predicted molar refractivity (Wildman–Crippen MR) is 60.5 cm³/mol. The molecule has 84 valence electrons. The van der Waals surface area contributed by atoms with Crippen LogP contribution in [0.1, 0.15) is 28.8 Å². The Morgan fingerprint density at radius 2 is 2.20 bits per heavy atom. The second-order valence-electron chi connectivity index (χ2n) is 3.75. The SMILES string of the molecule is Cc1cc(C(=O)N(C)C(C)CCl)c(C)o1. The van der Waals surface area contributed by atoms with E-state index in [2.05, 4.69) is 0 Å². The lowest BCUT2D eigenvalue weighted by Crippen LogP contribution is -2.36. The van der Waals surface area contributed by atoms with Crippen LogP contribution in [0.25, 0.3) is 0 Å². The molecule has 0 saturated heterocycles. The maximum atomic E-state index is 12.0. The van der Waals surface area contributed by atoms with E-state index in [1.807, 2.05) is 13.8 Å². The highest BCUT2D eigenvalue weighted by molar-refractivity contribution is 6.18. The molecule has 0 spiro atoms. The molecule has 0 aliphatic rings. The van der Waals surface area contributed by atoms with Crippen LogP contribution in [-0.4, -0.2) is 29.8 Å². The first-order chi connectivity index (χ1) is 6.97. The molecule has 1 heterocycles. The van der Waals surface area contributed by atoms with Gasteiger partial charge in [0.1, 0.15) is 11.5 Å². The van der Waals surface area contributed by atoms with Crippen molar-refractivity contribution in [3.8, 4) is 0 Å². The first-order valence-corrected chi connectivity index (χ1v) is 5.41. The Bertz CT molecular complexity index is 359. The molecule has 1 unspecified atom stereocenters. The van der Waals surface area contributed by atoms with Gasteiger partial charge in [0.05, 0.1) is 5.56 Å². The van der Waals surface area contributed by atoms with E-state index in [0.29, 0.717) is 17.2 Å². The summed E-state index contributed by atoms with van der Waals surface area (Å²) in [7, 11) is 1.75. The highest BCUT2D eigenvalue weighted by Crippen LogP contribution is 2.16. The van der Waals surface area contributed by atoms with Crippen LogP contribution in [0, 0.1) is 13.8 Å². The molecule has 1 atom stereocenters. The van der Waals surface area contributed by atoms with Gasteiger partial charge >= 0.3 is 0 Å². The van der Waals surface area contributed by atoms with Gasteiger partial charge in [-0.1, -0.05) is 0 Å². The van der Waals surface area contributed by atoms with Crippen molar-refractivity contribution in [2.45, 2.75) is 26.8 Å². The number of aryl methyl sites for hydroxylation is 2. The van der Waals surface area contributed by atoms with Gasteiger partial charge < -0.3 is 9.32 Å². The van der Waals surface area contributed by atoms with Gasteiger partial charge in [-0.15, -0.1) is 11.6 Å². The van der Waals surface area contributed by atoms with E-state index in [1.54, 1.807) is 24.9 Å². The lowest BCUT2D eigenvalue weighted by atomic mass is 10.2. The molecule has 1 aromatic heterocycles. The Balaban J connectivity index is 2.89. The minimum atomic E-state index is -0.0440. The van der Waals surface area contributed by atoms with Crippen molar-refractivity contribution >= 4 is 17.5 Å². The molecule has 0 saturated carbocycles. The van der Waals surface area contributed by atoms with Gasteiger partial charge in [-0.3, -0.25) is 4.79 Å². The number of carbonyl (C=O) groups is 1. The van der Waals surface area contributed by atoms with Crippen molar-refractivity contribution in [3.05, 3.63) is 23.2 Å². The summed E-state index contributed by atoms with van der Waals surface area (Å²) in [6, 6.07) is 1.78. The molecule has 0 aliphatic heterocycles. The van der Waals surface area contributed by atoms with Crippen LogP contribution in [-0.2, 0) is 0 Å². The number of hydrogen-bond donors (Lipinski definition) is 0. The summed E-state index contributed by atoms with van der Waals surface area (Å²) in [4.78, 5) is 13.6. The van der Waals surface area contributed by atoms with Crippen LogP contribution in [0.2, 0.25) is 0 Å². The van der Waals surface area contributed by atoms with Gasteiger partial charge in [0.2, 0.25) is 0 Å². The Labute approximate surface area is 95.0 Å². The summed E-state index contributed by atoms with van der Waals surface area (Å²) in [6.45, 7) is 5.53. The zero-order chi connectivity index (χ0) is 11.6. The first-order valence-electron chi connectivity index (χ1n) is 4.87. The summed E-state index contributed by atoms with van der Waals surface area (Å²) in [5.74, 6) is 1.80. The van der Waals surface area contributed by atoms with Crippen LogP contribution in [0.3, 0.4) is 0 Å². The minimum absolute atomic E-state index is 0.0220. The van der Waals surface area contributed by atoms with Gasteiger partial charge in [0.25, 0.3) is 5.91 Å². The number of rotatable bonds is 3. The molecule has 0 bridgehead atoms. The van der Waals surface area contributed by atoms with Crippen molar-refractivity contribution in [3.63, 3.8) is 0 Å². The quantitative estimate of drug-likeness (QED) is 0.747. The number of carbonyl (C=O) groups excluding carboxylic acids is 1. The molecule has 1 aromatic rings. The van der Waals surface area contributed by atoms with Gasteiger partial charge in [-0.25, -0.2) is 0 Å². The molecule has 1 rings (SSSR count). The standard InChI is InChI=1S/C11H16ClNO2/c1-7(6-12)13(4)11(14)10-5-8(2)15-9(10)3/h5,7H,6H2,1-4H3. The van der Waals surface area contributed by atoms with Crippen LogP contribution >= 0.6 is 11.6 Å². The third kappa shape index (κ3) is 2.53. The van der Waals surface area contributed by atoms with E-state index in [9.17, 15) is 4.79 Å². The fraction of sp³-hybridized carbons (Fsp3) is 0.545. The molecular formula is C11H16ClNO2. The Hall–Kier alpha value is -0.960. The highest BCUT2D eigenvalue weighted by Gasteiger charge is 2.20. The van der Waals surface area contributed by atoms with Crippen LogP contribution in [0.4, 0.5) is 0 Å². The van der Waals surface area contributed by atoms with E-state index in [0.717, 1.165) is 5.76 Å². The van der Waals surface area contributed by atoms with Crippen molar-refractivity contribution in [1.29, 1.82) is 0 Å². The maximum absolute atomic E-state index is 12.0. The van der Waals surface area contributed by atoms with Crippen molar-refractivity contribution in [2.24, 2.45) is 0 Å². The zero-order valence-corrected chi connectivity index (χ0v) is 10.3. The molecule has 0 fully saturated rings. The Morgan fingerprint density at radius 3 is 2.60 bits per heavy atom. The second-order valence-corrected chi connectivity index (χ2v) is 4.05. The first kappa shape index (κ1) is 12.1. The second kappa shape index (κ2) is 4.71. The van der Waals surface area contributed by atoms with E-state index < -0.39 is 0 Å². The molecule has 0 radical (unpaired) electrons. The summed E-state index contributed by atoms with van der Waals surface area (Å²) in [5.41, 5.74) is 0.618. The summed E-state index contributed by atoms with van der Waals surface area (Å²) in [6.07, 6.45) is 0. The monoisotopic (exact) mass is 229 g/mol. The summed E-state index contributed by atoms with van der Waals surface area (Å²) < 4.78 is 5.32. The fourth-order valence-electron chi connectivity index (χ4n) is 1.34. The number of alkyl halides is 1. The molecule has 3 nitrogen and oxygen atoms in total. The summed E-state index contributed by atoms with van der Waals surface area (Å²) >= 11 is 5.71. The molecule has 4 heteroatoms. The molecule has 0 aromatic carbocycles. The predicted octanol–water partition coefficient (Wildman–Crippen LogP) is 2.60. The largest absolute Gasteiger partial charge is 0.466 e. The average Bonchev–Trinajstić information content (AvgIpc) is 2.54. The Kier molecular flexibility index (Phi) is 3.80. The van der Waals surface area contributed by atoms with Crippen molar-refractivity contribution in [2.75, 3.05) is 12.9 Å². The average molecular weight is 230 g/mol. The molecular weight excluding hydrogens is 214 g/mol. The number of amides is 1. The van der Waals surface area contributed by atoms with Crippen LogP contribution < -0.4 is 0 Å². The third-order valence-corrected chi connectivity index (χ3v) is 2.92. The lowest BCUT2D eigenvalue weighted by Gasteiger charge is -2.22. The van der Waals surface area contributed by atoms with Crippen LogP contribution in [0.15, 0.2) is 10.5 Å². The van der Waals surface area contributed by atoms with Crippen molar-refractivity contribution in [1.82, 2.24) is 4.90 Å². The smallest absolute Gasteiger partial charge is 0.257 e. The van der Waals surface area contributed by atoms with E-state index >= 15 is 0 Å². The van der Waals surface area contributed by atoms with Crippen molar-refractivity contribution < 1.29 is 9.21 Å². The fourth-order valence-corrected chi connectivity index (χ4v) is 1.54. The van der Waals surface area contributed by atoms with E-state index in [4.69, 9.17) is 16.0 Å². The summed E-state index contributed by atoms with van der Waals surface area (Å²) in [5, 5.41) is 0. The number of hydrogen-bond acceptors (Lipinski definition) is 2. The van der Waals surface area contributed by atoms with E-state index in [1.165, 1.54) is 0 Å². The third-order valence-electron chi connectivity index (χ3n) is 2.48. The molecule has 0 aliphatic carbocycles. The number of nitrogens with zero attached hydrogens (tertiary/aromatic N) is 1. The van der Waals surface area contributed by atoms with Crippen LogP contribution in [0.5, 0.6) is 0 Å². The highest BCUT2D eigenvalue weighted by atomic mass is 35.5. The zero-order valence-electron chi connectivity index (χ0n) is 9.50. The van der Waals surface area contributed by atoms with Gasteiger partial charge in [-0.05, 0) is 26.8 Å². The normalized spacial score (nSPS) is 12.6. The van der Waals surface area contributed by atoms with Gasteiger partial charge in [0, 0.05) is 19.0 Å². The number of halogens is 1. The molecule has 1 amide bonds. The maximum Gasteiger partial charge on any atom is 0.257 e. The minimum Gasteiger partial charge on any atom is -0.466 e.